The number of rotatable bonds is 5. The van der Waals surface area contributed by atoms with Gasteiger partial charge in [-0.15, -0.1) is 11.3 Å². The summed E-state index contributed by atoms with van der Waals surface area (Å²) in [5.74, 6) is 1.12. The number of carbonyl (C=O) groups excluding carboxylic acids is 1. The first-order valence-corrected chi connectivity index (χ1v) is 9.74. The van der Waals surface area contributed by atoms with Crippen LogP contribution < -0.4 is 4.74 Å². The summed E-state index contributed by atoms with van der Waals surface area (Å²) in [4.78, 5) is 13.9. The molecule has 0 bridgehead atoms. The highest BCUT2D eigenvalue weighted by Crippen LogP contribution is 2.35. The molecule has 3 heterocycles. The van der Waals surface area contributed by atoms with Crippen molar-refractivity contribution < 1.29 is 13.9 Å². The van der Waals surface area contributed by atoms with Crippen molar-refractivity contribution >= 4 is 38.9 Å². The predicted molar refractivity (Wildman–Crippen MR) is 103 cm³/mol. The Morgan fingerprint density at radius 2 is 2.15 bits per heavy atom. The molecule has 1 atom stereocenters. The summed E-state index contributed by atoms with van der Waals surface area (Å²) in [6.07, 6.45) is 2.23. The number of hydrazone groups is 1. The van der Waals surface area contributed by atoms with E-state index in [0.29, 0.717) is 17.9 Å². The molecule has 26 heavy (non-hydrogen) atoms. The molecule has 1 aliphatic rings. The first-order valence-electron chi connectivity index (χ1n) is 8.06. The van der Waals surface area contributed by atoms with E-state index in [0.717, 1.165) is 15.1 Å². The van der Waals surface area contributed by atoms with Crippen LogP contribution in [0.25, 0.3) is 0 Å². The predicted octanol–water partition coefficient (Wildman–Crippen LogP) is 4.86. The molecule has 2 aromatic heterocycles. The summed E-state index contributed by atoms with van der Waals surface area (Å²) in [5.41, 5.74) is 0.766. The Kier molecular flexibility index (Phi) is 4.90. The average Bonchev–Trinajstić information content (AvgIpc) is 3.41. The molecule has 5 nitrogen and oxygen atoms in total. The second kappa shape index (κ2) is 7.47. The SMILES string of the molecule is O=C(COc1ccccc1Br)N1N=C(c2ccco2)CC1c1cccs1. The highest BCUT2D eigenvalue weighted by Gasteiger charge is 2.34. The molecule has 0 radical (unpaired) electrons. The van der Waals surface area contributed by atoms with Crippen LogP contribution >= 0.6 is 27.3 Å². The highest BCUT2D eigenvalue weighted by atomic mass is 79.9. The largest absolute Gasteiger partial charge is 0.483 e. The minimum atomic E-state index is -0.194. The number of ether oxygens (including phenoxy) is 1. The molecule has 7 heteroatoms. The van der Waals surface area contributed by atoms with Crippen molar-refractivity contribution in [3.8, 4) is 5.75 Å². The zero-order chi connectivity index (χ0) is 17.9. The van der Waals surface area contributed by atoms with Crippen LogP contribution in [0.2, 0.25) is 0 Å². The Hall–Kier alpha value is -2.38. The molecule has 0 fully saturated rings. The standard InChI is InChI=1S/C19H15BrN2O3S/c20-13-5-1-2-6-16(13)25-12-19(23)22-15(18-8-4-10-26-18)11-14(21-22)17-7-3-9-24-17/h1-10,15H,11-12H2. The summed E-state index contributed by atoms with van der Waals surface area (Å²) >= 11 is 5.03. The topological polar surface area (TPSA) is 55.0 Å². The summed E-state index contributed by atoms with van der Waals surface area (Å²) in [6.45, 7) is -0.0839. The number of thiophene rings is 1. The molecule has 1 aromatic carbocycles. The number of nitrogens with zero attached hydrogens (tertiary/aromatic N) is 2. The maximum absolute atomic E-state index is 12.8. The normalized spacial score (nSPS) is 16.6. The quantitative estimate of drug-likeness (QED) is 0.580. The second-order valence-corrected chi connectivity index (χ2v) is 7.55. The van der Waals surface area contributed by atoms with Crippen LogP contribution in [0.3, 0.4) is 0 Å². The molecule has 3 aromatic rings. The van der Waals surface area contributed by atoms with Crippen molar-refractivity contribution in [3.63, 3.8) is 0 Å². The molecular formula is C19H15BrN2O3S. The van der Waals surface area contributed by atoms with E-state index in [-0.39, 0.29) is 18.6 Å². The first-order chi connectivity index (χ1) is 12.7. The van der Waals surface area contributed by atoms with Crippen LogP contribution in [-0.4, -0.2) is 23.2 Å². The van der Waals surface area contributed by atoms with E-state index < -0.39 is 0 Å². The smallest absolute Gasteiger partial charge is 0.281 e. The number of hydrogen-bond acceptors (Lipinski definition) is 5. The van der Waals surface area contributed by atoms with Gasteiger partial charge in [0.15, 0.2) is 6.61 Å². The van der Waals surface area contributed by atoms with E-state index in [9.17, 15) is 4.79 Å². The van der Waals surface area contributed by atoms with Gasteiger partial charge in [-0.25, -0.2) is 5.01 Å². The van der Waals surface area contributed by atoms with Crippen molar-refractivity contribution in [2.75, 3.05) is 6.61 Å². The Labute approximate surface area is 163 Å². The molecule has 0 saturated carbocycles. The lowest BCUT2D eigenvalue weighted by molar-refractivity contribution is -0.135. The third-order valence-corrected chi connectivity index (χ3v) is 5.66. The summed E-state index contributed by atoms with van der Waals surface area (Å²) in [6, 6.07) is 15.0. The van der Waals surface area contributed by atoms with E-state index >= 15 is 0 Å². The number of furan rings is 1. The number of benzene rings is 1. The molecule has 0 saturated heterocycles. The van der Waals surface area contributed by atoms with E-state index in [1.165, 1.54) is 5.01 Å². The molecular weight excluding hydrogens is 416 g/mol. The molecule has 1 aliphatic heterocycles. The third kappa shape index (κ3) is 3.45. The van der Waals surface area contributed by atoms with Gasteiger partial charge in [0.1, 0.15) is 17.2 Å². The highest BCUT2D eigenvalue weighted by molar-refractivity contribution is 9.10. The maximum atomic E-state index is 12.8. The number of hydrogen-bond donors (Lipinski definition) is 0. The fourth-order valence-electron chi connectivity index (χ4n) is 2.80. The van der Waals surface area contributed by atoms with Gasteiger partial charge in [0.25, 0.3) is 5.91 Å². The van der Waals surface area contributed by atoms with Crippen molar-refractivity contribution in [1.82, 2.24) is 5.01 Å². The van der Waals surface area contributed by atoms with Gasteiger partial charge in [-0.2, -0.15) is 5.10 Å². The van der Waals surface area contributed by atoms with Gasteiger partial charge in [-0.3, -0.25) is 4.79 Å². The van der Waals surface area contributed by atoms with Gasteiger partial charge in [-0.05, 0) is 51.6 Å². The molecule has 0 N–H and O–H groups in total. The van der Waals surface area contributed by atoms with Gasteiger partial charge >= 0.3 is 0 Å². The lowest BCUT2D eigenvalue weighted by atomic mass is 10.1. The summed E-state index contributed by atoms with van der Waals surface area (Å²) < 4.78 is 11.9. The van der Waals surface area contributed by atoms with Crippen molar-refractivity contribution in [3.05, 3.63) is 75.3 Å². The zero-order valence-electron chi connectivity index (χ0n) is 13.7. The third-order valence-electron chi connectivity index (χ3n) is 4.03. The van der Waals surface area contributed by atoms with Crippen LogP contribution in [-0.2, 0) is 4.79 Å². The Morgan fingerprint density at radius 3 is 2.88 bits per heavy atom. The average molecular weight is 431 g/mol. The van der Waals surface area contributed by atoms with Gasteiger partial charge < -0.3 is 9.15 Å². The minimum Gasteiger partial charge on any atom is -0.483 e. The molecule has 1 unspecified atom stereocenters. The molecule has 132 valence electrons. The molecule has 4 rings (SSSR count). The van der Waals surface area contributed by atoms with Crippen LogP contribution in [0.1, 0.15) is 23.1 Å². The van der Waals surface area contributed by atoms with E-state index in [2.05, 4.69) is 21.0 Å². The Balaban J connectivity index is 1.54. The Morgan fingerprint density at radius 1 is 1.27 bits per heavy atom. The maximum Gasteiger partial charge on any atom is 0.281 e. The lowest BCUT2D eigenvalue weighted by Gasteiger charge is -2.20. The number of para-hydroxylation sites is 1. The van der Waals surface area contributed by atoms with E-state index in [4.69, 9.17) is 9.15 Å². The van der Waals surface area contributed by atoms with E-state index in [1.54, 1.807) is 17.6 Å². The van der Waals surface area contributed by atoms with Gasteiger partial charge in [0.05, 0.1) is 16.8 Å². The lowest BCUT2D eigenvalue weighted by Crippen LogP contribution is -2.31. The van der Waals surface area contributed by atoms with Gasteiger partial charge in [0.2, 0.25) is 0 Å². The van der Waals surface area contributed by atoms with Gasteiger partial charge in [0, 0.05) is 11.3 Å². The fourth-order valence-corrected chi connectivity index (χ4v) is 4.01. The number of halogens is 1. The summed E-state index contributed by atoms with van der Waals surface area (Å²) in [5, 5.41) is 8.04. The van der Waals surface area contributed by atoms with E-state index in [1.807, 2.05) is 53.9 Å². The fraction of sp³-hybridized carbons (Fsp3) is 0.158. The number of carbonyl (C=O) groups is 1. The van der Waals surface area contributed by atoms with Crippen molar-refractivity contribution in [2.24, 2.45) is 5.10 Å². The van der Waals surface area contributed by atoms with Crippen LogP contribution in [0.4, 0.5) is 0 Å². The molecule has 0 aliphatic carbocycles. The monoisotopic (exact) mass is 430 g/mol. The van der Waals surface area contributed by atoms with Crippen molar-refractivity contribution in [2.45, 2.75) is 12.5 Å². The van der Waals surface area contributed by atoms with Gasteiger partial charge in [-0.1, -0.05) is 18.2 Å². The van der Waals surface area contributed by atoms with Crippen LogP contribution in [0.5, 0.6) is 5.75 Å². The Bertz CT molecular complexity index is 922. The minimum absolute atomic E-state index is 0.0839. The first kappa shape index (κ1) is 17.1. The summed E-state index contributed by atoms with van der Waals surface area (Å²) in [7, 11) is 0. The van der Waals surface area contributed by atoms with Crippen molar-refractivity contribution in [1.29, 1.82) is 0 Å². The zero-order valence-corrected chi connectivity index (χ0v) is 16.1. The molecule has 0 spiro atoms. The molecule has 1 amide bonds. The number of amides is 1. The van der Waals surface area contributed by atoms with Crippen LogP contribution in [0.15, 0.2) is 74.2 Å². The van der Waals surface area contributed by atoms with Crippen LogP contribution in [0, 0.1) is 0 Å². The second-order valence-electron chi connectivity index (χ2n) is 5.72.